The fourth-order valence-electron chi connectivity index (χ4n) is 2.18. The Labute approximate surface area is 124 Å². The Balaban J connectivity index is 2.09. The first-order valence-corrected chi connectivity index (χ1v) is 7.28. The smallest absolute Gasteiger partial charge is 0.124 e. The summed E-state index contributed by atoms with van der Waals surface area (Å²) in [6.45, 7) is 4.24. The topological polar surface area (TPSA) is 12.0 Å². The molecule has 0 heterocycles. The van der Waals surface area contributed by atoms with Gasteiger partial charge in [0.1, 0.15) is 5.82 Å². The second kappa shape index (κ2) is 6.76. The quantitative estimate of drug-likeness (QED) is 0.755. The second-order valence-corrected chi connectivity index (χ2v) is 5.39. The number of nitrogens with one attached hydrogen (secondary N) is 1. The Morgan fingerprint density at radius 3 is 2.45 bits per heavy atom. The van der Waals surface area contributed by atoms with Crippen LogP contribution in [0, 0.1) is 5.82 Å². The van der Waals surface area contributed by atoms with Crippen molar-refractivity contribution in [2.75, 3.05) is 5.32 Å². The number of benzene rings is 2. The first kappa shape index (κ1) is 14.9. The van der Waals surface area contributed by atoms with Gasteiger partial charge in [-0.05, 0) is 42.7 Å². The molecule has 0 bridgehead atoms. The molecule has 0 amide bonds. The number of halogens is 2. The van der Waals surface area contributed by atoms with E-state index in [9.17, 15) is 4.39 Å². The largest absolute Gasteiger partial charge is 0.377 e. The van der Waals surface area contributed by atoms with Crippen molar-refractivity contribution in [1.29, 1.82) is 0 Å². The maximum atomic E-state index is 13.0. The average Bonchev–Trinajstić information content (AvgIpc) is 2.43. The lowest BCUT2D eigenvalue weighted by Gasteiger charge is -2.17. The third-order valence-corrected chi connectivity index (χ3v) is 3.63. The van der Waals surface area contributed by atoms with Gasteiger partial charge >= 0.3 is 0 Å². The van der Waals surface area contributed by atoms with Gasteiger partial charge < -0.3 is 5.32 Å². The van der Waals surface area contributed by atoms with Gasteiger partial charge in [-0.25, -0.2) is 4.39 Å². The molecule has 0 spiro atoms. The van der Waals surface area contributed by atoms with Crippen LogP contribution in [0.25, 0.3) is 0 Å². The Morgan fingerprint density at radius 2 is 1.85 bits per heavy atom. The van der Waals surface area contributed by atoms with Gasteiger partial charge in [0.15, 0.2) is 0 Å². The van der Waals surface area contributed by atoms with E-state index >= 15 is 0 Å². The minimum absolute atomic E-state index is 0.119. The molecule has 0 fully saturated rings. The zero-order chi connectivity index (χ0) is 14.5. The van der Waals surface area contributed by atoms with E-state index in [1.54, 1.807) is 6.07 Å². The Morgan fingerprint density at radius 1 is 1.15 bits per heavy atom. The standard InChI is InChI=1S/C17H19ClFN/c1-3-4-13-5-7-14(8-6-13)12(2)20-17-10-9-15(19)11-16(17)18/h5-12,20H,3-4H2,1-2H3. The van der Waals surface area contributed by atoms with Crippen LogP contribution in [0.1, 0.15) is 37.4 Å². The molecule has 2 aromatic rings. The minimum Gasteiger partial charge on any atom is -0.377 e. The molecule has 1 nitrogen and oxygen atoms in total. The number of rotatable bonds is 5. The van der Waals surface area contributed by atoms with Crippen molar-refractivity contribution in [1.82, 2.24) is 0 Å². The van der Waals surface area contributed by atoms with E-state index in [-0.39, 0.29) is 11.9 Å². The lowest BCUT2D eigenvalue weighted by atomic mass is 10.0. The third-order valence-electron chi connectivity index (χ3n) is 3.32. The molecule has 0 saturated carbocycles. The molecule has 0 saturated heterocycles. The van der Waals surface area contributed by atoms with Gasteiger partial charge in [0, 0.05) is 6.04 Å². The highest BCUT2D eigenvalue weighted by Gasteiger charge is 2.08. The van der Waals surface area contributed by atoms with Crippen molar-refractivity contribution in [2.24, 2.45) is 0 Å². The van der Waals surface area contributed by atoms with E-state index in [1.807, 2.05) is 0 Å². The molecule has 2 rings (SSSR count). The summed E-state index contributed by atoms with van der Waals surface area (Å²) in [4.78, 5) is 0. The summed E-state index contributed by atoms with van der Waals surface area (Å²) in [5.74, 6) is -0.322. The Kier molecular flexibility index (Phi) is 5.02. The van der Waals surface area contributed by atoms with Crippen molar-refractivity contribution in [3.63, 3.8) is 0 Å². The van der Waals surface area contributed by atoms with Crippen molar-refractivity contribution < 1.29 is 4.39 Å². The molecular formula is C17H19ClFN. The van der Waals surface area contributed by atoms with Crippen LogP contribution < -0.4 is 5.32 Å². The van der Waals surface area contributed by atoms with Crippen molar-refractivity contribution >= 4 is 17.3 Å². The molecule has 20 heavy (non-hydrogen) atoms. The lowest BCUT2D eigenvalue weighted by Crippen LogP contribution is -2.07. The summed E-state index contributed by atoms with van der Waals surface area (Å²) >= 11 is 6.03. The monoisotopic (exact) mass is 291 g/mol. The van der Waals surface area contributed by atoms with Crippen LogP contribution in [0.5, 0.6) is 0 Å². The predicted molar refractivity (Wildman–Crippen MR) is 83.9 cm³/mol. The first-order chi connectivity index (χ1) is 9.60. The zero-order valence-electron chi connectivity index (χ0n) is 11.8. The summed E-state index contributed by atoms with van der Waals surface area (Å²) < 4.78 is 13.0. The molecular weight excluding hydrogens is 273 g/mol. The fourth-order valence-corrected chi connectivity index (χ4v) is 2.41. The Bertz CT molecular complexity index is 566. The molecule has 1 unspecified atom stereocenters. The summed E-state index contributed by atoms with van der Waals surface area (Å²) in [6, 6.07) is 13.1. The highest BCUT2D eigenvalue weighted by molar-refractivity contribution is 6.33. The molecule has 0 aliphatic heterocycles. The minimum atomic E-state index is -0.322. The lowest BCUT2D eigenvalue weighted by molar-refractivity contribution is 0.628. The first-order valence-electron chi connectivity index (χ1n) is 6.90. The zero-order valence-corrected chi connectivity index (χ0v) is 12.5. The fraction of sp³-hybridized carbons (Fsp3) is 0.294. The molecule has 0 radical (unpaired) electrons. The molecule has 1 atom stereocenters. The average molecular weight is 292 g/mol. The van der Waals surface area contributed by atoms with Crippen LogP contribution in [0.4, 0.5) is 10.1 Å². The number of hydrogen-bond donors (Lipinski definition) is 1. The third kappa shape index (κ3) is 3.73. The Hall–Kier alpha value is -1.54. The molecule has 0 aromatic heterocycles. The SMILES string of the molecule is CCCc1ccc(C(C)Nc2ccc(F)cc2Cl)cc1. The molecule has 1 N–H and O–H groups in total. The maximum Gasteiger partial charge on any atom is 0.124 e. The van der Waals surface area contributed by atoms with Crippen molar-refractivity contribution in [3.8, 4) is 0 Å². The summed E-state index contributed by atoms with van der Waals surface area (Å²) in [5, 5.41) is 3.71. The van der Waals surface area contributed by atoms with Gasteiger partial charge in [-0.2, -0.15) is 0 Å². The van der Waals surface area contributed by atoms with Gasteiger partial charge in [-0.15, -0.1) is 0 Å². The van der Waals surface area contributed by atoms with Crippen molar-refractivity contribution in [2.45, 2.75) is 32.7 Å². The van der Waals surface area contributed by atoms with Gasteiger partial charge in [0.05, 0.1) is 10.7 Å². The molecule has 0 aliphatic rings. The van der Waals surface area contributed by atoms with Crippen LogP contribution in [0.2, 0.25) is 5.02 Å². The maximum absolute atomic E-state index is 13.0. The van der Waals surface area contributed by atoms with Gasteiger partial charge in [-0.3, -0.25) is 0 Å². The van der Waals surface area contributed by atoms with Crippen LogP contribution in [-0.4, -0.2) is 0 Å². The highest BCUT2D eigenvalue weighted by atomic mass is 35.5. The second-order valence-electron chi connectivity index (χ2n) is 4.98. The van der Waals surface area contributed by atoms with Gasteiger partial charge in [0.25, 0.3) is 0 Å². The molecule has 0 aliphatic carbocycles. The number of aryl methyl sites for hydroxylation is 1. The van der Waals surface area contributed by atoms with E-state index in [1.165, 1.54) is 23.3 Å². The number of anilines is 1. The van der Waals surface area contributed by atoms with Crippen molar-refractivity contribution in [3.05, 3.63) is 64.4 Å². The summed E-state index contributed by atoms with van der Waals surface area (Å²) in [7, 11) is 0. The van der Waals surface area contributed by atoms with Crippen LogP contribution in [-0.2, 0) is 6.42 Å². The summed E-state index contributed by atoms with van der Waals surface area (Å²) in [6.07, 6.45) is 2.25. The van der Waals surface area contributed by atoms with E-state index < -0.39 is 0 Å². The van der Waals surface area contributed by atoms with Crippen LogP contribution >= 0.6 is 11.6 Å². The van der Waals surface area contributed by atoms with Crippen LogP contribution in [0.15, 0.2) is 42.5 Å². The summed E-state index contributed by atoms with van der Waals surface area (Å²) in [5.41, 5.74) is 3.28. The van der Waals surface area contributed by atoms with E-state index in [4.69, 9.17) is 11.6 Å². The van der Waals surface area contributed by atoms with Crippen LogP contribution in [0.3, 0.4) is 0 Å². The molecule has 3 heteroatoms. The molecule has 2 aromatic carbocycles. The predicted octanol–water partition coefficient (Wildman–Crippen LogP) is 5.60. The normalized spacial score (nSPS) is 12.2. The van der Waals surface area contributed by atoms with Gasteiger partial charge in [-0.1, -0.05) is 49.2 Å². The van der Waals surface area contributed by atoms with E-state index in [0.29, 0.717) is 5.02 Å². The van der Waals surface area contributed by atoms with E-state index in [2.05, 4.69) is 43.4 Å². The van der Waals surface area contributed by atoms with E-state index in [0.717, 1.165) is 18.5 Å². The molecule has 106 valence electrons. The number of hydrogen-bond acceptors (Lipinski definition) is 1. The van der Waals surface area contributed by atoms with Gasteiger partial charge in [0.2, 0.25) is 0 Å². The highest BCUT2D eigenvalue weighted by Crippen LogP contribution is 2.27.